The van der Waals surface area contributed by atoms with Crippen molar-refractivity contribution in [3.05, 3.63) is 24.2 Å². The molecule has 7 heteroatoms. The highest BCUT2D eigenvalue weighted by Crippen LogP contribution is 2.31. The van der Waals surface area contributed by atoms with Crippen molar-refractivity contribution in [1.29, 1.82) is 0 Å². The highest BCUT2D eigenvalue weighted by molar-refractivity contribution is 5.76. The summed E-state index contributed by atoms with van der Waals surface area (Å²) >= 11 is 0. The smallest absolute Gasteiger partial charge is 0.328 e. The molecule has 0 spiro atoms. The Balaban J connectivity index is 2.19. The van der Waals surface area contributed by atoms with E-state index in [2.05, 4.69) is 0 Å². The molecule has 23 heavy (non-hydrogen) atoms. The van der Waals surface area contributed by atoms with Crippen molar-refractivity contribution in [2.45, 2.75) is 51.4 Å². The van der Waals surface area contributed by atoms with Crippen LogP contribution in [0.15, 0.2) is 22.8 Å². The minimum absolute atomic E-state index is 0.304. The molecule has 1 aromatic heterocycles. The van der Waals surface area contributed by atoms with Gasteiger partial charge in [-0.25, -0.2) is 0 Å². The van der Waals surface area contributed by atoms with Crippen LogP contribution in [0, 0.1) is 5.92 Å². The fourth-order valence-corrected chi connectivity index (χ4v) is 2.85. The number of hydrogen-bond acceptors (Lipinski definition) is 6. The van der Waals surface area contributed by atoms with Gasteiger partial charge >= 0.3 is 11.9 Å². The summed E-state index contributed by atoms with van der Waals surface area (Å²) in [4.78, 5) is 25.6. The summed E-state index contributed by atoms with van der Waals surface area (Å²) in [5.74, 6) is -1.70. The first-order valence-electron chi connectivity index (χ1n) is 7.71. The summed E-state index contributed by atoms with van der Waals surface area (Å²) in [5.41, 5.74) is 5.60. The van der Waals surface area contributed by atoms with Crippen LogP contribution in [-0.4, -0.2) is 40.3 Å². The van der Waals surface area contributed by atoms with E-state index in [-0.39, 0.29) is 0 Å². The summed E-state index contributed by atoms with van der Waals surface area (Å²) in [6.45, 7) is 5.86. The second-order valence-corrected chi connectivity index (χ2v) is 6.77. The number of furan rings is 1. The second-order valence-electron chi connectivity index (χ2n) is 6.77. The first-order chi connectivity index (χ1) is 10.7. The lowest BCUT2D eigenvalue weighted by Crippen LogP contribution is -2.56. The summed E-state index contributed by atoms with van der Waals surface area (Å²) < 4.78 is 10.7. The molecule has 1 saturated heterocycles. The van der Waals surface area contributed by atoms with E-state index < -0.39 is 35.7 Å². The summed E-state index contributed by atoms with van der Waals surface area (Å²) in [6, 6.07) is 2.22. The van der Waals surface area contributed by atoms with Crippen molar-refractivity contribution in [2.24, 2.45) is 11.7 Å². The van der Waals surface area contributed by atoms with Crippen molar-refractivity contribution in [3.8, 4) is 0 Å². The first kappa shape index (κ1) is 17.5. The van der Waals surface area contributed by atoms with Crippen molar-refractivity contribution in [1.82, 2.24) is 4.90 Å². The number of nitrogens with zero attached hydrogens (tertiary/aromatic N) is 1. The van der Waals surface area contributed by atoms with Gasteiger partial charge in [-0.1, -0.05) is 0 Å². The number of carbonyl (C=O) groups is 2. The molecule has 2 heterocycles. The van der Waals surface area contributed by atoms with Gasteiger partial charge in [-0.3, -0.25) is 14.5 Å². The third-order valence-electron chi connectivity index (χ3n) is 3.81. The van der Waals surface area contributed by atoms with Crippen molar-refractivity contribution in [2.75, 3.05) is 6.54 Å². The summed E-state index contributed by atoms with van der Waals surface area (Å²) in [6.07, 6.45) is 1.94. The van der Waals surface area contributed by atoms with Crippen LogP contribution < -0.4 is 5.73 Å². The maximum Gasteiger partial charge on any atom is 0.328 e. The SMILES string of the molecule is CC(C)(C)OC(=O)[C@@H]1CCCN([C@@H](C(=O)O)c2ccco2)[C@H]1N. The molecule has 0 amide bonds. The largest absolute Gasteiger partial charge is 0.480 e. The molecule has 0 unspecified atom stereocenters. The van der Waals surface area contributed by atoms with Crippen LogP contribution >= 0.6 is 0 Å². The normalized spacial score (nSPS) is 24.2. The molecule has 0 saturated carbocycles. The zero-order valence-electron chi connectivity index (χ0n) is 13.7. The Bertz CT molecular complexity index is 549. The Morgan fingerprint density at radius 3 is 2.70 bits per heavy atom. The average molecular weight is 324 g/mol. The molecule has 7 nitrogen and oxygen atoms in total. The van der Waals surface area contributed by atoms with E-state index in [0.29, 0.717) is 25.1 Å². The van der Waals surface area contributed by atoms with E-state index in [4.69, 9.17) is 14.9 Å². The van der Waals surface area contributed by atoms with E-state index in [1.165, 1.54) is 6.26 Å². The van der Waals surface area contributed by atoms with Crippen molar-refractivity contribution in [3.63, 3.8) is 0 Å². The van der Waals surface area contributed by atoms with Gasteiger partial charge in [-0.05, 0) is 45.7 Å². The number of aliphatic carboxylic acids is 1. The monoisotopic (exact) mass is 324 g/mol. The minimum atomic E-state index is -1.06. The van der Waals surface area contributed by atoms with Gasteiger partial charge in [-0.2, -0.15) is 0 Å². The molecule has 2 rings (SSSR count). The number of hydrogen-bond donors (Lipinski definition) is 2. The average Bonchev–Trinajstić information content (AvgIpc) is 2.92. The fourth-order valence-electron chi connectivity index (χ4n) is 2.85. The van der Waals surface area contributed by atoms with Crippen LogP contribution in [0.4, 0.5) is 0 Å². The lowest BCUT2D eigenvalue weighted by atomic mass is 9.92. The molecule has 1 aromatic rings. The predicted octanol–water partition coefficient (Wildman–Crippen LogP) is 1.74. The molecule has 0 bridgehead atoms. The third-order valence-corrected chi connectivity index (χ3v) is 3.81. The van der Waals surface area contributed by atoms with E-state index in [9.17, 15) is 14.7 Å². The fraction of sp³-hybridized carbons (Fsp3) is 0.625. The second kappa shape index (κ2) is 6.72. The van der Waals surface area contributed by atoms with Crippen LogP contribution in [0.2, 0.25) is 0 Å². The summed E-state index contributed by atoms with van der Waals surface area (Å²) in [7, 11) is 0. The number of esters is 1. The molecule has 1 fully saturated rings. The highest BCUT2D eigenvalue weighted by atomic mass is 16.6. The van der Waals surface area contributed by atoms with Gasteiger partial charge in [0.1, 0.15) is 11.4 Å². The quantitative estimate of drug-likeness (QED) is 0.812. The molecule has 0 aliphatic carbocycles. The molecule has 1 aliphatic heterocycles. The molecular weight excluding hydrogens is 300 g/mol. The van der Waals surface area contributed by atoms with Gasteiger partial charge in [0.05, 0.1) is 18.3 Å². The standard InChI is InChI=1S/C16H24N2O5/c1-16(2,3)23-15(21)10-6-4-8-18(13(10)17)12(14(19)20)11-7-5-9-22-11/h5,7,9-10,12-13H,4,6,8,17H2,1-3H3,(H,19,20)/t10-,12-,13-/m1/s1. The topological polar surface area (TPSA) is 106 Å². The van der Waals surface area contributed by atoms with Crippen molar-refractivity contribution >= 4 is 11.9 Å². The number of carboxylic acid groups (broad SMARTS) is 1. The maximum atomic E-state index is 12.3. The first-order valence-corrected chi connectivity index (χ1v) is 7.71. The minimum Gasteiger partial charge on any atom is -0.480 e. The van der Waals surface area contributed by atoms with Gasteiger partial charge in [-0.15, -0.1) is 0 Å². The predicted molar refractivity (Wildman–Crippen MR) is 82.3 cm³/mol. The van der Waals surface area contributed by atoms with Crippen molar-refractivity contribution < 1.29 is 23.8 Å². The number of carboxylic acids is 1. The van der Waals surface area contributed by atoms with Gasteiger partial charge in [0, 0.05) is 6.54 Å². The van der Waals surface area contributed by atoms with E-state index >= 15 is 0 Å². The molecule has 0 aromatic carbocycles. The van der Waals surface area contributed by atoms with Crippen LogP contribution in [0.5, 0.6) is 0 Å². The molecule has 3 N–H and O–H groups in total. The summed E-state index contributed by atoms with van der Waals surface area (Å²) in [5, 5.41) is 9.55. The molecule has 3 atom stereocenters. The van der Waals surface area contributed by atoms with Crippen LogP contribution in [0.25, 0.3) is 0 Å². The number of piperidine rings is 1. The number of nitrogens with two attached hydrogens (primary N) is 1. The lowest BCUT2D eigenvalue weighted by Gasteiger charge is -2.40. The Morgan fingerprint density at radius 2 is 2.17 bits per heavy atom. The Morgan fingerprint density at radius 1 is 1.48 bits per heavy atom. The highest BCUT2D eigenvalue weighted by Gasteiger charge is 2.42. The van der Waals surface area contributed by atoms with E-state index in [1.807, 2.05) is 0 Å². The van der Waals surface area contributed by atoms with Gasteiger partial charge < -0.3 is 20.0 Å². The number of likely N-dealkylation sites (tertiary alicyclic amines) is 1. The lowest BCUT2D eigenvalue weighted by molar-refractivity contribution is -0.167. The van der Waals surface area contributed by atoms with E-state index in [0.717, 1.165) is 0 Å². The zero-order chi connectivity index (χ0) is 17.2. The molecule has 128 valence electrons. The van der Waals surface area contributed by atoms with Crippen LogP contribution in [0.3, 0.4) is 0 Å². The van der Waals surface area contributed by atoms with Gasteiger partial charge in [0.2, 0.25) is 0 Å². The van der Waals surface area contributed by atoms with Crippen LogP contribution in [0.1, 0.15) is 45.4 Å². The molecule has 0 radical (unpaired) electrons. The third kappa shape index (κ3) is 4.11. The van der Waals surface area contributed by atoms with Gasteiger partial charge in [0.25, 0.3) is 0 Å². The number of carbonyl (C=O) groups excluding carboxylic acids is 1. The molecule has 1 aliphatic rings. The number of ether oxygens (including phenoxy) is 1. The molecular formula is C16H24N2O5. The van der Waals surface area contributed by atoms with E-state index in [1.54, 1.807) is 37.8 Å². The number of rotatable bonds is 4. The van der Waals surface area contributed by atoms with Gasteiger partial charge in [0.15, 0.2) is 6.04 Å². The maximum absolute atomic E-state index is 12.3. The Kier molecular flexibility index (Phi) is 5.11. The van der Waals surface area contributed by atoms with Crippen LogP contribution in [-0.2, 0) is 14.3 Å². The Hall–Kier alpha value is -1.86. The Labute approximate surface area is 135 Å². The zero-order valence-corrected chi connectivity index (χ0v) is 13.7.